The summed E-state index contributed by atoms with van der Waals surface area (Å²) in [5.41, 5.74) is -0.439. The summed E-state index contributed by atoms with van der Waals surface area (Å²) >= 11 is 0. The summed E-state index contributed by atoms with van der Waals surface area (Å²) in [5.74, 6) is -0.520. The zero-order valence-corrected chi connectivity index (χ0v) is 9.35. The fraction of sp³-hybridized carbons (Fsp3) is 0.167. The molecule has 0 aliphatic rings. The summed E-state index contributed by atoms with van der Waals surface area (Å²) in [6.07, 6.45) is -5.61. The molecule has 0 saturated carbocycles. The van der Waals surface area contributed by atoms with Gasteiger partial charge in [-0.3, -0.25) is 0 Å². The number of benzene rings is 1. The van der Waals surface area contributed by atoms with Gasteiger partial charge < -0.3 is 9.84 Å². The molecule has 0 fully saturated rings. The van der Waals surface area contributed by atoms with Gasteiger partial charge in [-0.25, -0.2) is 0 Å². The highest BCUT2D eigenvalue weighted by molar-refractivity contribution is 5.64. The molecule has 4 nitrogen and oxygen atoms in total. The van der Waals surface area contributed by atoms with E-state index in [1.165, 1.54) is 24.3 Å². The number of para-hydroxylation sites is 1. The van der Waals surface area contributed by atoms with E-state index < -0.39 is 18.2 Å². The molecule has 0 aliphatic carbocycles. The Bertz CT molecular complexity index is 568. The number of nitrogens with zero attached hydrogens (tertiary/aromatic N) is 2. The standard InChI is InChI=1S/C12H7F3N2O2/c13-12(14,15)19-11-4-2-1-3-8(11)5-9(6-16)10(18)7-17/h1-5,10,18H. The number of alkyl halides is 3. The summed E-state index contributed by atoms with van der Waals surface area (Å²) in [6.45, 7) is 0. The number of aliphatic hydroxyl groups excluding tert-OH is 1. The van der Waals surface area contributed by atoms with Crippen LogP contribution in [0.1, 0.15) is 5.56 Å². The molecule has 1 aromatic rings. The first-order chi connectivity index (χ1) is 8.87. The fourth-order valence-corrected chi connectivity index (χ4v) is 1.23. The number of hydrogen-bond acceptors (Lipinski definition) is 4. The zero-order chi connectivity index (χ0) is 14.5. The lowest BCUT2D eigenvalue weighted by Crippen LogP contribution is -2.17. The van der Waals surface area contributed by atoms with E-state index in [-0.39, 0.29) is 11.1 Å². The van der Waals surface area contributed by atoms with Gasteiger partial charge >= 0.3 is 6.36 Å². The van der Waals surface area contributed by atoms with Crippen molar-refractivity contribution >= 4 is 6.08 Å². The third-order valence-electron chi connectivity index (χ3n) is 2.00. The fourth-order valence-electron chi connectivity index (χ4n) is 1.23. The van der Waals surface area contributed by atoms with E-state index in [2.05, 4.69) is 4.74 Å². The average molecular weight is 268 g/mol. The lowest BCUT2D eigenvalue weighted by Gasteiger charge is -2.11. The molecule has 1 unspecified atom stereocenters. The number of halogens is 3. The van der Waals surface area contributed by atoms with Crippen LogP contribution in [0.5, 0.6) is 5.75 Å². The van der Waals surface area contributed by atoms with Crippen molar-refractivity contribution in [3.8, 4) is 17.9 Å². The highest BCUT2D eigenvalue weighted by atomic mass is 19.4. The Balaban J connectivity index is 3.18. The molecule has 0 bridgehead atoms. The molecule has 98 valence electrons. The van der Waals surface area contributed by atoms with Gasteiger partial charge in [0.05, 0.1) is 17.7 Å². The van der Waals surface area contributed by atoms with E-state index >= 15 is 0 Å². The maximum absolute atomic E-state index is 12.2. The highest BCUT2D eigenvalue weighted by Crippen LogP contribution is 2.28. The molecule has 0 heterocycles. The molecule has 0 spiro atoms. The largest absolute Gasteiger partial charge is 0.573 e. The molecule has 0 radical (unpaired) electrons. The van der Waals surface area contributed by atoms with Crippen LogP contribution in [-0.4, -0.2) is 17.6 Å². The van der Waals surface area contributed by atoms with Crippen molar-refractivity contribution < 1.29 is 23.0 Å². The first-order valence-corrected chi connectivity index (χ1v) is 4.91. The van der Waals surface area contributed by atoms with Crippen molar-refractivity contribution in [2.45, 2.75) is 12.5 Å². The van der Waals surface area contributed by atoms with Gasteiger partial charge in [0.1, 0.15) is 5.75 Å². The van der Waals surface area contributed by atoms with Crippen LogP contribution in [0.2, 0.25) is 0 Å². The number of rotatable bonds is 3. The minimum Gasteiger partial charge on any atom is -0.405 e. The minimum absolute atomic E-state index is 0.0642. The Kier molecular flexibility index (Phi) is 4.51. The number of hydrogen-bond donors (Lipinski definition) is 1. The Hall–Kier alpha value is -2.51. The van der Waals surface area contributed by atoms with Crippen molar-refractivity contribution in [2.24, 2.45) is 0 Å². The Morgan fingerprint density at radius 2 is 1.95 bits per heavy atom. The van der Waals surface area contributed by atoms with Crippen molar-refractivity contribution in [3.05, 3.63) is 35.4 Å². The summed E-state index contributed by atoms with van der Waals surface area (Å²) in [5, 5.41) is 26.4. The third-order valence-corrected chi connectivity index (χ3v) is 2.00. The van der Waals surface area contributed by atoms with E-state index in [1.54, 1.807) is 6.07 Å². The van der Waals surface area contributed by atoms with Crippen LogP contribution < -0.4 is 4.74 Å². The molecule has 7 heteroatoms. The van der Waals surface area contributed by atoms with E-state index in [0.29, 0.717) is 0 Å². The first-order valence-electron chi connectivity index (χ1n) is 4.91. The molecule has 0 amide bonds. The van der Waals surface area contributed by atoms with Crippen LogP contribution in [0.25, 0.3) is 6.08 Å². The van der Waals surface area contributed by atoms with Gasteiger partial charge in [-0.15, -0.1) is 13.2 Å². The van der Waals surface area contributed by atoms with Gasteiger partial charge in [0.2, 0.25) is 0 Å². The first kappa shape index (κ1) is 14.6. The van der Waals surface area contributed by atoms with Crippen molar-refractivity contribution in [3.63, 3.8) is 0 Å². The van der Waals surface area contributed by atoms with E-state index in [9.17, 15) is 18.3 Å². The Morgan fingerprint density at radius 1 is 1.32 bits per heavy atom. The minimum atomic E-state index is -4.87. The van der Waals surface area contributed by atoms with E-state index in [0.717, 1.165) is 12.1 Å². The molecule has 1 N–H and O–H groups in total. The van der Waals surface area contributed by atoms with Crippen LogP contribution in [-0.2, 0) is 0 Å². The second kappa shape index (κ2) is 5.89. The van der Waals surface area contributed by atoms with Crippen LogP contribution in [0.3, 0.4) is 0 Å². The van der Waals surface area contributed by atoms with Gasteiger partial charge in [0.15, 0.2) is 6.10 Å². The molecule has 1 atom stereocenters. The van der Waals surface area contributed by atoms with Crippen LogP contribution in [0.4, 0.5) is 13.2 Å². The Morgan fingerprint density at radius 3 is 2.47 bits per heavy atom. The topological polar surface area (TPSA) is 77.0 Å². The maximum Gasteiger partial charge on any atom is 0.573 e. The van der Waals surface area contributed by atoms with Crippen molar-refractivity contribution in [1.82, 2.24) is 0 Å². The third kappa shape index (κ3) is 4.34. The number of ether oxygens (including phenoxy) is 1. The molecule has 0 saturated heterocycles. The van der Waals surface area contributed by atoms with Crippen LogP contribution >= 0.6 is 0 Å². The second-order valence-corrected chi connectivity index (χ2v) is 3.33. The summed E-state index contributed by atoms with van der Waals surface area (Å²) in [4.78, 5) is 0. The molecule has 0 aromatic heterocycles. The van der Waals surface area contributed by atoms with E-state index in [1.807, 2.05) is 0 Å². The summed E-state index contributed by atoms with van der Waals surface area (Å²) in [7, 11) is 0. The van der Waals surface area contributed by atoms with Crippen LogP contribution in [0, 0.1) is 22.7 Å². The van der Waals surface area contributed by atoms with Crippen molar-refractivity contribution in [2.75, 3.05) is 0 Å². The van der Waals surface area contributed by atoms with Crippen molar-refractivity contribution in [1.29, 1.82) is 10.5 Å². The molecule has 0 aliphatic heterocycles. The smallest absolute Gasteiger partial charge is 0.405 e. The van der Waals surface area contributed by atoms with Crippen LogP contribution in [0.15, 0.2) is 29.8 Å². The monoisotopic (exact) mass is 268 g/mol. The quantitative estimate of drug-likeness (QED) is 0.674. The van der Waals surface area contributed by atoms with Gasteiger partial charge in [-0.1, -0.05) is 18.2 Å². The Labute approximate surface area is 106 Å². The number of nitriles is 2. The predicted octanol–water partition coefficient (Wildman–Crippen LogP) is 2.38. The lowest BCUT2D eigenvalue weighted by atomic mass is 10.1. The molecule has 19 heavy (non-hydrogen) atoms. The average Bonchev–Trinajstić information content (AvgIpc) is 2.35. The summed E-state index contributed by atoms with van der Waals surface area (Å²) in [6, 6.07) is 8.04. The normalized spacial score (nSPS) is 13.3. The van der Waals surface area contributed by atoms with E-state index in [4.69, 9.17) is 10.5 Å². The molecule has 1 aromatic carbocycles. The maximum atomic E-state index is 12.2. The highest BCUT2D eigenvalue weighted by Gasteiger charge is 2.31. The summed E-state index contributed by atoms with van der Waals surface area (Å²) < 4.78 is 40.2. The number of aliphatic hydroxyl groups is 1. The van der Waals surface area contributed by atoms with Gasteiger partial charge in [-0.05, 0) is 12.1 Å². The second-order valence-electron chi connectivity index (χ2n) is 3.33. The molecular weight excluding hydrogens is 261 g/mol. The van der Waals surface area contributed by atoms with Gasteiger partial charge in [0, 0.05) is 5.56 Å². The molecule has 1 rings (SSSR count). The zero-order valence-electron chi connectivity index (χ0n) is 9.35. The lowest BCUT2D eigenvalue weighted by molar-refractivity contribution is -0.274. The SMILES string of the molecule is N#CC(=Cc1ccccc1OC(F)(F)F)C(O)C#N. The van der Waals surface area contributed by atoms with Gasteiger partial charge in [-0.2, -0.15) is 10.5 Å². The molecular formula is C12H7F3N2O2. The predicted molar refractivity (Wildman–Crippen MR) is 58.3 cm³/mol. The van der Waals surface area contributed by atoms with Gasteiger partial charge in [0.25, 0.3) is 0 Å².